The molecule has 5 heteroatoms. The van der Waals surface area contributed by atoms with Gasteiger partial charge in [-0.15, -0.1) is 0 Å². The number of hydrogen-bond acceptors (Lipinski definition) is 3. The van der Waals surface area contributed by atoms with E-state index >= 15 is 0 Å². The second-order valence-corrected chi connectivity index (χ2v) is 8.87. The lowest BCUT2D eigenvalue weighted by Crippen LogP contribution is -2.49. The number of piperidine rings is 1. The highest BCUT2D eigenvalue weighted by Gasteiger charge is 2.53. The van der Waals surface area contributed by atoms with Crippen LogP contribution < -0.4 is 0 Å². The third-order valence-electron chi connectivity index (χ3n) is 6.02. The fraction of sp³-hybridized carbons (Fsp3) is 0.636. The standard InChI is InChI=1S/C22H32N2O3/c1-6-17-18(7-2)24(19(25)22(17)12-8-9-13-22)16-10-14-23(15-11-16)20(26)27-21(3,4)5/h6-7,16H,1-2,8-15H2,3-5H3. The summed E-state index contributed by atoms with van der Waals surface area (Å²) < 4.78 is 5.48. The van der Waals surface area contributed by atoms with E-state index in [4.69, 9.17) is 4.74 Å². The van der Waals surface area contributed by atoms with Crippen molar-refractivity contribution in [3.05, 3.63) is 36.6 Å². The zero-order chi connectivity index (χ0) is 19.8. The molecule has 3 rings (SSSR count). The van der Waals surface area contributed by atoms with Gasteiger partial charge in [-0.1, -0.05) is 32.1 Å². The van der Waals surface area contributed by atoms with Gasteiger partial charge in [0.15, 0.2) is 0 Å². The first-order valence-corrected chi connectivity index (χ1v) is 10.0. The molecule has 0 unspecified atom stereocenters. The largest absolute Gasteiger partial charge is 0.444 e. The summed E-state index contributed by atoms with van der Waals surface area (Å²) in [5.41, 5.74) is 1.08. The summed E-state index contributed by atoms with van der Waals surface area (Å²) >= 11 is 0. The molecule has 0 aromatic carbocycles. The van der Waals surface area contributed by atoms with Gasteiger partial charge in [0.25, 0.3) is 0 Å². The topological polar surface area (TPSA) is 49.9 Å². The van der Waals surface area contributed by atoms with Crippen molar-refractivity contribution in [2.24, 2.45) is 5.41 Å². The molecule has 0 atom stereocenters. The highest BCUT2D eigenvalue weighted by molar-refractivity contribution is 5.93. The molecule has 1 aliphatic carbocycles. The van der Waals surface area contributed by atoms with Gasteiger partial charge in [-0.2, -0.15) is 0 Å². The molecule has 1 saturated heterocycles. The van der Waals surface area contributed by atoms with Crippen molar-refractivity contribution in [2.45, 2.75) is 70.9 Å². The summed E-state index contributed by atoms with van der Waals surface area (Å²) in [6.07, 6.45) is 8.86. The Morgan fingerprint density at radius 3 is 2.22 bits per heavy atom. The Labute approximate surface area is 162 Å². The number of carbonyl (C=O) groups is 2. The van der Waals surface area contributed by atoms with Crippen LogP contribution in [0.1, 0.15) is 59.3 Å². The number of amides is 2. The maximum absolute atomic E-state index is 13.5. The minimum atomic E-state index is -0.495. The predicted octanol–water partition coefficient (Wildman–Crippen LogP) is 4.41. The normalized spacial score (nSPS) is 23.3. The smallest absolute Gasteiger partial charge is 0.410 e. The van der Waals surface area contributed by atoms with Crippen molar-refractivity contribution in [3.8, 4) is 0 Å². The van der Waals surface area contributed by atoms with Gasteiger partial charge >= 0.3 is 6.09 Å². The van der Waals surface area contributed by atoms with Crippen LogP contribution in [0.4, 0.5) is 4.79 Å². The summed E-state index contributed by atoms with van der Waals surface area (Å²) in [5, 5.41) is 0. The van der Waals surface area contributed by atoms with Crippen molar-refractivity contribution >= 4 is 12.0 Å². The van der Waals surface area contributed by atoms with Gasteiger partial charge < -0.3 is 14.5 Å². The number of nitrogens with zero attached hydrogens (tertiary/aromatic N) is 2. The first kappa shape index (κ1) is 19.7. The molecule has 0 radical (unpaired) electrons. The molecule has 0 bridgehead atoms. The molecule has 0 aromatic rings. The first-order chi connectivity index (χ1) is 12.7. The van der Waals surface area contributed by atoms with E-state index in [0.717, 1.165) is 49.8 Å². The SMILES string of the molecule is C=CC1=C(C=C)C2(CCCC2)C(=O)N1C1CCN(C(=O)OC(C)(C)C)CC1. The van der Waals surface area contributed by atoms with Crippen LogP contribution in [-0.4, -0.2) is 46.5 Å². The lowest BCUT2D eigenvalue weighted by Gasteiger charge is -2.38. The number of hydrogen-bond donors (Lipinski definition) is 0. The third kappa shape index (κ3) is 3.44. The van der Waals surface area contributed by atoms with Gasteiger partial charge in [0.2, 0.25) is 5.91 Å². The Balaban J connectivity index is 1.75. The fourth-order valence-corrected chi connectivity index (χ4v) is 4.80. The van der Waals surface area contributed by atoms with Crippen molar-refractivity contribution in [1.82, 2.24) is 9.80 Å². The molecule has 3 aliphatic rings. The van der Waals surface area contributed by atoms with Gasteiger partial charge in [-0.05, 0) is 58.1 Å². The molecule has 2 heterocycles. The van der Waals surface area contributed by atoms with E-state index < -0.39 is 11.0 Å². The molecule has 0 N–H and O–H groups in total. The lowest BCUT2D eigenvalue weighted by molar-refractivity contribution is -0.137. The van der Waals surface area contributed by atoms with Crippen LogP contribution in [-0.2, 0) is 9.53 Å². The van der Waals surface area contributed by atoms with E-state index in [2.05, 4.69) is 13.2 Å². The third-order valence-corrected chi connectivity index (χ3v) is 6.02. The average Bonchev–Trinajstić information content (AvgIpc) is 3.18. The monoisotopic (exact) mass is 372 g/mol. The van der Waals surface area contributed by atoms with Crippen molar-refractivity contribution in [1.29, 1.82) is 0 Å². The van der Waals surface area contributed by atoms with Crippen LogP contribution in [0.3, 0.4) is 0 Å². The molecule has 5 nitrogen and oxygen atoms in total. The number of allylic oxidation sites excluding steroid dienone is 2. The van der Waals surface area contributed by atoms with Crippen LogP contribution in [0, 0.1) is 5.41 Å². The van der Waals surface area contributed by atoms with E-state index in [9.17, 15) is 9.59 Å². The van der Waals surface area contributed by atoms with Gasteiger partial charge in [-0.3, -0.25) is 4.79 Å². The number of likely N-dealkylation sites (tertiary alicyclic amines) is 1. The maximum atomic E-state index is 13.5. The number of rotatable bonds is 3. The van der Waals surface area contributed by atoms with Crippen molar-refractivity contribution in [2.75, 3.05) is 13.1 Å². The summed E-state index contributed by atoms with van der Waals surface area (Å²) in [6.45, 7) is 14.8. The molecule has 2 amide bonds. The summed E-state index contributed by atoms with van der Waals surface area (Å²) in [6, 6.07) is 0.0964. The number of ether oxygens (including phenoxy) is 1. The second-order valence-electron chi connectivity index (χ2n) is 8.87. The lowest BCUT2D eigenvalue weighted by atomic mass is 9.79. The first-order valence-electron chi connectivity index (χ1n) is 10.0. The highest BCUT2D eigenvalue weighted by Crippen LogP contribution is 2.53. The summed E-state index contributed by atoms with van der Waals surface area (Å²) in [7, 11) is 0. The Bertz CT molecular complexity index is 672. The molecule has 27 heavy (non-hydrogen) atoms. The zero-order valence-electron chi connectivity index (χ0n) is 16.9. The minimum absolute atomic E-state index is 0.0964. The van der Waals surface area contributed by atoms with Crippen molar-refractivity contribution in [3.63, 3.8) is 0 Å². The maximum Gasteiger partial charge on any atom is 0.410 e. The van der Waals surface area contributed by atoms with E-state index in [1.807, 2.05) is 37.8 Å². The molecule has 2 aliphatic heterocycles. The second kappa shape index (κ2) is 7.17. The molecule has 0 aromatic heterocycles. The highest BCUT2D eigenvalue weighted by atomic mass is 16.6. The zero-order valence-corrected chi connectivity index (χ0v) is 16.9. The van der Waals surface area contributed by atoms with Crippen LogP contribution in [0.15, 0.2) is 36.6 Å². The van der Waals surface area contributed by atoms with Crippen LogP contribution >= 0.6 is 0 Å². The minimum Gasteiger partial charge on any atom is -0.444 e. The summed E-state index contributed by atoms with van der Waals surface area (Å²) in [5.74, 6) is 0.209. The van der Waals surface area contributed by atoms with E-state index in [0.29, 0.717) is 13.1 Å². The van der Waals surface area contributed by atoms with Crippen LogP contribution in [0.25, 0.3) is 0 Å². The van der Waals surface area contributed by atoms with Gasteiger partial charge in [0, 0.05) is 24.8 Å². The van der Waals surface area contributed by atoms with E-state index in [1.165, 1.54) is 0 Å². The Morgan fingerprint density at radius 1 is 1.15 bits per heavy atom. The van der Waals surface area contributed by atoms with Gasteiger partial charge in [0.1, 0.15) is 5.60 Å². The molecule has 1 spiro atoms. The molecule has 1 saturated carbocycles. The fourth-order valence-electron chi connectivity index (χ4n) is 4.80. The van der Waals surface area contributed by atoms with E-state index in [1.54, 1.807) is 4.90 Å². The van der Waals surface area contributed by atoms with Crippen LogP contribution in [0.2, 0.25) is 0 Å². The van der Waals surface area contributed by atoms with Crippen LogP contribution in [0.5, 0.6) is 0 Å². The van der Waals surface area contributed by atoms with Crippen molar-refractivity contribution < 1.29 is 14.3 Å². The van der Waals surface area contributed by atoms with E-state index in [-0.39, 0.29) is 18.0 Å². The predicted molar refractivity (Wildman–Crippen MR) is 106 cm³/mol. The quantitative estimate of drug-likeness (QED) is 0.737. The molecular formula is C22H32N2O3. The Kier molecular flexibility index (Phi) is 5.24. The average molecular weight is 373 g/mol. The van der Waals surface area contributed by atoms with Gasteiger partial charge in [0.05, 0.1) is 5.41 Å². The Hall–Kier alpha value is -2.04. The Morgan fingerprint density at radius 2 is 1.74 bits per heavy atom. The van der Waals surface area contributed by atoms with Gasteiger partial charge in [-0.25, -0.2) is 4.79 Å². The molecule has 148 valence electrons. The number of carbonyl (C=O) groups excluding carboxylic acids is 2. The summed E-state index contributed by atoms with van der Waals surface area (Å²) in [4.78, 5) is 29.5. The molecular weight excluding hydrogens is 340 g/mol. The molecule has 2 fully saturated rings.